The van der Waals surface area contributed by atoms with Crippen molar-refractivity contribution in [3.05, 3.63) is 23.3 Å². The second-order valence-electron chi connectivity index (χ2n) is 11.0. The molecule has 2 fully saturated rings. The number of benzene rings is 1. The third-order valence-corrected chi connectivity index (χ3v) is 10.2. The number of piperidine rings is 1. The molecule has 1 atom stereocenters. The molecular formula is C29H50N4O3S. The number of carbonyl (C=O) groups excluding carboxylic acids is 1. The van der Waals surface area contributed by atoms with Crippen LogP contribution in [-0.4, -0.2) is 89.7 Å². The first-order chi connectivity index (χ1) is 17.7. The molecule has 1 unspecified atom stereocenters. The number of amides is 1. The topological polar surface area (TPSA) is 65.1 Å². The summed E-state index contributed by atoms with van der Waals surface area (Å²) in [7, 11) is 2.15. The van der Waals surface area contributed by atoms with Gasteiger partial charge in [-0.1, -0.05) is 13.8 Å². The van der Waals surface area contributed by atoms with Gasteiger partial charge < -0.3 is 19.9 Å². The van der Waals surface area contributed by atoms with E-state index in [1.165, 1.54) is 32.2 Å². The van der Waals surface area contributed by atoms with Crippen LogP contribution in [-0.2, 0) is 15.8 Å². The van der Waals surface area contributed by atoms with Gasteiger partial charge in [0.1, 0.15) is 16.7 Å². The number of ether oxygens (including phenoxy) is 1. The lowest BCUT2D eigenvalue weighted by atomic mass is 9.84. The number of methoxy groups -OCH3 is 1. The largest absolute Gasteiger partial charge is 0.497 e. The molecule has 0 aromatic heterocycles. The molecule has 37 heavy (non-hydrogen) atoms. The second kappa shape index (κ2) is 14.6. The van der Waals surface area contributed by atoms with Gasteiger partial charge in [-0.2, -0.15) is 0 Å². The van der Waals surface area contributed by atoms with Crippen LogP contribution >= 0.6 is 0 Å². The summed E-state index contributed by atoms with van der Waals surface area (Å²) in [6.45, 7) is 14.6. The highest BCUT2D eigenvalue weighted by atomic mass is 32.2. The van der Waals surface area contributed by atoms with Gasteiger partial charge in [0.25, 0.3) is 0 Å². The van der Waals surface area contributed by atoms with Crippen molar-refractivity contribution in [2.45, 2.75) is 89.6 Å². The lowest BCUT2D eigenvalue weighted by Gasteiger charge is -2.41. The van der Waals surface area contributed by atoms with Crippen LogP contribution in [0.3, 0.4) is 0 Å². The minimum absolute atomic E-state index is 0.0578. The zero-order valence-corrected chi connectivity index (χ0v) is 24.9. The average Bonchev–Trinajstić information content (AvgIpc) is 2.90. The summed E-state index contributed by atoms with van der Waals surface area (Å²) in [6, 6.07) is 4.79. The fraction of sp³-hybridized carbons (Fsp3) is 0.759. The Bertz CT molecular complexity index is 868. The molecule has 3 rings (SSSR count). The Morgan fingerprint density at radius 2 is 1.65 bits per heavy atom. The molecule has 0 radical (unpaired) electrons. The summed E-state index contributed by atoms with van der Waals surface area (Å²) in [5.41, 5.74) is 1.88. The number of nitrogens with zero attached hydrogens (tertiary/aromatic N) is 3. The molecule has 7 nitrogen and oxygen atoms in total. The van der Waals surface area contributed by atoms with E-state index in [1.807, 2.05) is 33.0 Å². The standard InChI is InChI=1S/C29H50N4O3S/c1-7-32(8-2)21-24-9-11-26(12-10-24)33-17-13-25(14-18-33)30-28(34)15-16-31(5)37(35)29-22(3)19-27(36-6)20-23(29)4/h19-20,24-26H,7-18,21H2,1-6H3,(H,30,34). The minimum atomic E-state index is -1.31. The van der Waals surface area contributed by atoms with E-state index in [1.54, 1.807) is 11.4 Å². The number of likely N-dealkylation sites (tertiary alicyclic amines) is 1. The van der Waals surface area contributed by atoms with Gasteiger partial charge in [0.2, 0.25) is 5.91 Å². The van der Waals surface area contributed by atoms with Gasteiger partial charge in [0, 0.05) is 51.7 Å². The molecule has 1 saturated carbocycles. The Hall–Kier alpha value is -1.48. The molecule has 1 aliphatic carbocycles. The summed E-state index contributed by atoms with van der Waals surface area (Å²) in [5.74, 6) is 1.69. The van der Waals surface area contributed by atoms with Crippen molar-refractivity contribution in [1.82, 2.24) is 19.4 Å². The molecule has 1 aromatic carbocycles. The molecule has 1 amide bonds. The number of hydrogen-bond donors (Lipinski definition) is 1. The van der Waals surface area contributed by atoms with E-state index in [0.29, 0.717) is 13.0 Å². The van der Waals surface area contributed by atoms with Gasteiger partial charge >= 0.3 is 0 Å². The zero-order valence-electron chi connectivity index (χ0n) is 24.1. The molecule has 1 aliphatic heterocycles. The average molecular weight is 535 g/mol. The van der Waals surface area contributed by atoms with Gasteiger partial charge in [-0.15, -0.1) is 0 Å². The molecule has 210 valence electrons. The Balaban J connectivity index is 1.37. The molecule has 1 aromatic rings. The summed E-state index contributed by atoms with van der Waals surface area (Å²) in [6.07, 6.45) is 7.74. The summed E-state index contributed by atoms with van der Waals surface area (Å²) in [4.78, 5) is 18.7. The summed E-state index contributed by atoms with van der Waals surface area (Å²) >= 11 is 0. The Morgan fingerprint density at radius 1 is 1.05 bits per heavy atom. The van der Waals surface area contributed by atoms with Crippen molar-refractivity contribution in [3.63, 3.8) is 0 Å². The number of nitrogens with one attached hydrogen (secondary N) is 1. The first-order valence-corrected chi connectivity index (χ1v) is 15.4. The maximum absolute atomic E-state index is 13.1. The van der Waals surface area contributed by atoms with Crippen LogP contribution in [0.15, 0.2) is 17.0 Å². The minimum Gasteiger partial charge on any atom is -0.497 e. The Kier molecular flexibility index (Phi) is 11.9. The molecule has 1 N–H and O–H groups in total. The number of rotatable bonds is 12. The lowest BCUT2D eigenvalue weighted by molar-refractivity contribution is -0.122. The molecule has 0 spiro atoms. The van der Waals surface area contributed by atoms with Gasteiger partial charge in [0.15, 0.2) is 0 Å². The van der Waals surface area contributed by atoms with E-state index in [0.717, 1.165) is 72.8 Å². The smallest absolute Gasteiger partial charge is 0.221 e. The van der Waals surface area contributed by atoms with Crippen molar-refractivity contribution in [3.8, 4) is 5.75 Å². The third kappa shape index (κ3) is 8.50. The normalized spacial score (nSPS) is 22.4. The summed E-state index contributed by atoms with van der Waals surface area (Å²) in [5, 5.41) is 3.24. The first-order valence-electron chi connectivity index (χ1n) is 14.3. The van der Waals surface area contributed by atoms with Gasteiger partial charge in [-0.05, 0) is 94.6 Å². The molecule has 1 heterocycles. The number of carbonyl (C=O) groups is 1. The third-order valence-electron chi connectivity index (χ3n) is 8.42. The van der Waals surface area contributed by atoms with Crippen molar-refractivity contribution in [2.24, 2.45) is 5.92 Å². The van der Waals surface area contributed by atoms with Crippen LogP contribution in [0.2, 0.25) is 0 Å². The van der Waals surface area contributed by atoms with Gasteiger partial charge in [-0.25, -0.2) is 8.51 Å². The Labute approximate surface area is 227 Å². The maximum atomic E-state index is 13.1. The predicted molar refractivity (Wildman–Crippen MR) is 152 cm³/mol. The van der Waals surface area contributed by atoms with Crippen LogP contribution in [0.5, 0.6) is 5.75 Å². The van der Waals surface area contributed by atoms with Gasteiger partial charge in [-0.3, -0.25) is 4.79 Å². The number of aryl methyl sites for hydroxylation is 2. The zero-order chi connectivity index (χ0) is 26.9. The molecule has 0 bridgehead atoms. The van der Waals surface area contributed by atoms with E-state index in [9.17, 15) is 9.00 Å². The van der Waals surface area contributed by atoms with Crippen LogP contribution in [0, 0.1) is 19.8 Å². The maximum Gasteiger partial charge on any atom is 0.221 e. The van der Waals surface area contributed by atoms with E-state index < -0.39 is 11.0 Å². The van der Waals surface area contributed by atoms with E-state index >= 15 is 0 Å². The highest BCUT2D eigenvalue weighted by Crippen LogP contribution is 2.30. The van der Waals surface area contributed by atoms with Crippen LogP contribution in [0.1, 0.15) is 69.9 Å². The molecule has 8 heteroatoms. The van der Waals surface area contributed by atoms with E-state index in [-0.39, 0.29) is 11.9 Å². The molecular weight excluding hydrogens is 484 g/mol. The van der Waals surface area contributed by atoms with E-state index in [4.69, 9.17) is 4.74 Å². The van der Waals surface area contributed by atoms with Crippen LogP contribution in [0.25, 0.3) is 0 Å². The van der Waals surface area contributed by atoms with Crippen molar-refractivity contribution in [2.75, 3.05) is 53.4 Å². The fourth-order valence-electron chi connectivity index (χ4n) is 6.05. The van der Waals surface area contributed by atoms with Crippen molar-refractivity contribution in [1.29, 1.82) is 0 Å². The molecule has 1 saturated heterocycles. The van der Waals surface area contributed by atoms with Crippen molar-refractivity contribution >= 4 is 16.9 Å². The fourth-order valence-corrected chi connectivity index (χ4v) is 7.29. The highest BCUT2D eigenvalue weighted by molar-refractivity contribution is 7.82. The summed E-state index contributed by atoms with van der Waals surface area (Å²) < 4.78 is 20.2. The first kappa shape index (κ1) is 30.1. The Morgan fingerprint density at radius 3 is 2.19 bits per heavy atom. The molecule has 2 aliphatic rings. The van der Waals surface area contributed by atoms with Crippen molar-refractivity contribution < 1.29 is 13.7 Å². The van der Waals surface area contributed by atoms with E-state index in [2.05, 4.69) is 29.0 Å². The predicted octanol–water partition coefficient (Wildman–Crippen LogP) is 4.14. The SMILES string of the molecule is CCN(CC)CC1CCC(N2CCC(NC(=O)CCN(C)S(=O)c3c(C)cc(OC)cc3C)CC2)CC1. The monoisotopic (exact) mass is 534 g/mol. The highest BCUT2D eigenvalue weighted by Gasteiger charge is 2.30. The van der Waals surface area contributed by atoms with Gasteiger partial charge in [0.05, 0.1) is 12.0 Å². The second-order valence-corrected chi connectivity index (χ2v) is 12.5. The quantitative estimate of drug-likeness (QED) is 0.437. The van der Waals surface area contributed by atoms with Crippen LogP contribution in [0.4, 0.5) is 0 Å². The number of hydrogen-bond acceptors (Lipinski definition) is 5. The lowest BCUT2D eigenvalue weighted by Crippen LogP contribution is -2.49. The van der Waals surface area contributed by atoms with Crippen LogP contribution < -0.4 is 10.1 Å².